The number of aryl methyl sites for hydroxylation is 1. The molecule has 0 spiro atoms. The van der Waals surface area contributed by atoms with Crippen molar-refractivity contribution in [1.82, 2.24) is 4.98 Å². The van der Waals surface area contributed by atoms with E-state index in [-0.39, 0.29) is 6.04 Å². The Hall–Kier alpha value is -1.28. The first kappa shape index (κ1) is 12.2. The molecule has 1 aromatic heterocycles. The Kier molecular flexibility index (Phi) is 3.53. The van der Waals surface area contributed by atoms with Crippen LogP contribution in [-0.4, -0.2) is 24.0 Å². The number of para-hydroxylation sites is 1. The molecule has 2 aromatic rings. The molecule has 0 radical (unpaired) electrons. The van der Waals surface area contributed by atoms with Gasteiger partial charge in [-0.15, -0.1) is 11.6 Å². The Morgan fingerprint density at radius 2 is 2.06 bits per heavy atom. The van der Waals surface area contributed by atoms with Crippen molar-refractivity contribution in [3.8, 4) is 0 Å². The fourth-order valence-electron chi connectivity index (χ4n) is 1.88. The zero-order valence-electron chi connectivity index (χ0n) is 10.4. The van der Waals surface area contributed by atoms with E-state index in [1.54, 1.807) is 0 Å². The summed E-state index contributed by atoms with van der Waals surface area (Å²) in [5.41, 5.74) is 2.21. The molecule has 0 aliphatic rings. The number of nitrogens with zero attached hydrogens (tertiary/aromatic N) is 2. The van der Waals surface area contributed by atoms with Gasteiger partial charge in [0.25, 0.3) is 0 Å². The summed E-state index contributed by atoms with van der Waals surface area (Å²) in [6, 6.07) is 10.6. The van der Waals surface area contributed by atoms with E-state index >= 15 is 0 Å². The number of fused-ring (bicyclic) bond motifs is 1. The van der Waals surface area contributed by atoms with Crippen molar-refractivity contribution in [2.75, 3.05) is 17.8 Å². The van der Waals surface area contributed by atoms with Crippen LogP contribution in [-0.2, 0) is 0 Å². The first-order valence-corrected chi connectivity index (χ1v) is 6.32. The number of pyridine rings is 1. The standard InChI is InChI=1S/C14H17ClN2/c1-10-8-12-6-4-5-7-13(12)16-14(10)17(3)11(2)9-15/h4-8,11H,9H2,1-3H3. The van der Waals surface area contributed by atoms with E-state index in [0.29, 0.717) is 5.88 Å². The van der Waals surface area contributed by atoms with Crippen LogP contribution in [0.25, 0.3) is 10.9 Å². The first-order valence-electron chi connectivity index (χ1n) is 5.78. The van der Waals surface area contributed by atoms with Crippen LogP contribution in [0, 0.1) is 6.92 Å². The Bertz CT molecular complexity index is 525. The summed E-state index contributed by atoms with van der Waals surface area (Å²) in [5, 5.41) is 1.18. The molecule has 0 amide bonds. The summed E-state index contributed by atoms with van der Waals surface area (Å²) in [4.78, 5) is 6.84. The van der Waals surface area contributed by atoms with Crippen molar-refractivity contribution in [2.24, 2.45) is 0 Å². The smallest absolute Gasteiger partial charge is 0.132 e. The van der Waals surface area contributed by atoms with Crippen molar-refractivity contribution < 1.29 is 0 Å². The number of anilines is 1. The van der Waals surface area contributed by atoms with Gasteiger partial charge in [-0.3, -0.25) is 0 Å². The monoisotopic (exact) mass is 248 g/mol. The number of hydrogen-bond acceptors (Lipinski definition) is 2. The van der Waals surface area contributed by atoms with Gasteiger partial charge in [0.05, 0.1) is 5.52 Å². The van der Waals surface area contributed by atoms with Crippen LogP contribution < -0.4 is 4.90 Å². The van der Waals surface area contributed by atoms with Crippen LogP contribution in [0.1, 0.15) is 12.5 Å². The van der Waals surface area contributed by atoms with Gasteiger partial charge in [-0.2, -0.15) is 0 Å². The van der Waals surface area contributed by atoms with Gasteiger partial charge in [0, 0.05) is 24.4 Å². The second-order valence-electron chi connectivity index (χ2n) is 4.44. The minimum absolute atomic E-state index is 0.282. The number of rotatable bonds is 3. The van der Waals surface area contributed by atoms with Crippen molar-refractivity contribution in [3.63, 3.8) is 0 Å². The van der Waals surface area contributed by atoms with E-state index in [4.69, 9.17) is 16.6 Å². The molecule has 1 atom stereocenters. The van der Waals surface area contributed by atoms with Gasteiger partial charge in [0.2, 0.25) is 0 Å². The van der Waals surface area contributed by atoms with Crippen molar-refractivity contribution in [1.29, 1.82) is 0 Å². The van der Waals surface area contributed by atoms with Crippen molar-refractivity contribution in [3.05, 3.63) is 35.9 Å². The maximum atomic E-state index is 5.90. The molecular weight excluding hydrogens is 232 g/mol. The lowest BCUT2D eigenvalue weighted by Gasteiger charge is -2.26. The highest BCUT2D eigenvalue weighted by molar-refractivity contribution is 6.18. The van der Waals surface area contributed by atoms with E-state index in [9.17, 15) is 0 Å². The summed E-state index contributed by atoms with van der Waals surface area (Å²) in [6.45, 7) is 4.19. The molecule has 0 N–H and O–H groups in total. The largest absolute Gasteiger partial charge is 0.356 e. The topological polar surface area (TPSA) is 16.1 Å². The molecule has 0 saturated heterocycles. The molecule has 90 valence electrons. The third-order valence-electron chi connectivity index (χ3n) is 3.11. The summed E-state index contributed by atoms with van der Waals surface area (Å²) in [6.07, 6.45) is 0. The lowest BCUT2D eigenvalue weighted by atomic mass is 10.1. The number of aromatic nitrogens is 1. The second-order valence-corrected chi connectivity index (χ2v) is 4.74. The fourth-order valence-corrected chi connectivity index (χ4v) is 2.09. The zero-order chi connectivity index (χ0) is 12.4. The predicted octanol–water partition coefficient (Wildman–Crippen LogP) is 3.61. The maximum absolute atomic E-state index is 5.90. The highest BCUT2D eigenvalue weighted by Gasteiger charge is 2.13. The lowest BCUT2D eigenvalue weighted by Crippen LogP contribution is -2.31. The average molecular weight is 249 g/mol. The van der Waals surface area contributed by atoms with Gasteiger partial charge in [-0.25, -0.2) is 4.98 Å². The fraction of sp³-hybridized carbons (Fsp3) is 0.357. The molecule has 2 nitrogen and oxygen atoms in total. The SMILES string of the molecule is Cc1cc2ccccc2nc1N(C)C(C)CCl. The van der Waals surface area contributed by atoms with Crippen LogP contribution in [0.3, 0.4) is 0 Å². The van der Waals surface area contributed by atoms with Gasteiger partial charge >= 0.3 is 0 Å². The molecule has 0 aliphatic carbocycles. The van der Waals surface area contributed by atoms with E-state index in [1.165, 1.54) is 10.9 Å². The zero-order valence-corrected chi connectivity index (χ0v) is 11.2. The third-order valence-corrected chi connectivity index (χ3v) is 3.55. The molecule has 0 fully saturated rings. The van der Waals surface area contributed by atoms with E-state index in [0.717, 1.165) is 11.3 Å². The molecule has 0 saturated carbocycles. The summed E-state index contributed by atoms with van der Waals surface area (Å²) in [5.74, 6) is 1.61. The van der Waals surface area contributed by atoms with Gasteiger partial charge in [-0.05, 0) is 31.5 Å². The Morgan fingerprint density at radius 3 is 2.76 bits per heavy atom. The first-order chi connectivity index (χ1) is 8.13. The molecule has 0 bridgehead atoms. The van der Waals surface area contributed by atoms with E-state index in [2.05, 4.69) is 30.9 Å². The van der Waals surface area contributed by atoms with Gasteiger partial charge in [0.1, 0.15) is 5.82 Å². The van der Waals surface area contributed by atoms with Gasteiger partial charge in [-0.1, -0.05) is 18.2 Å². The number of halogens is 1. The summed E-state index contributed by atoms with van der Waals surface area (Å²) < 4.78 is 0. The number of hydrogen-bond donors (Lipinski definition) is 0. The molecule has 17 heavy (non-hydrogen) atoms. The minimum atomic E-state index is 0.282. The molecule has 0 aliphatic heterocycles. The maximum Gasteiger partial charge on any atom is 0.132 e. The minimum Gasteiger partial charge on any atom is -0.356 e. The van der Waals surface area contributed by atoms with Crippen LogP contribution >= 0.6 is 11.6 Å². The van der Waals surface area contributed by atoms with Crippen molar-refractivity contribution in [2.45, 2.75) is 19.9 Å². The Labute approximate surface area is 107 Å². The highest BCUT2D eigenvalue weighted by Crippen LogP contribution is 2.23. The molecular formula is C14H17ClN2. The number of benzene rings is 1. The van der Waals surface area contributed by atoms with Crippen LogP contribution in [0.15, 0.2) is 30.3 Å². The summed E-state index contributed by atoms with van der Waals surface area (Å²) >= 11 is 5.90. The number of alkyl halides is 1. The predicted molar refractivity (Wildman–Crippen MR) is 75.1 cm³/mol. The molecule has 2 rings (SSSR count). The highest BCUT2D eigenvalue weighted by atomic mass is 35.5. The van der Waals surface area contributed by atoms with Crippen LogP contribution in [0.5, 0.6) is 0 Å². The third kappa shape index (κ3) is 2.37. The van der Waals surface area contributed by atoms with Crippen molar-refractivity contribution >= 4 is 28.3 Å². The molecule has 1 heterocycles. The van der Waals surface area contributed by atoms with Gasteiger partial charge < -0.3 is 4.90 Å². The Balaban J connectivity index is 2.50. The van der Waals surface area contributed by atoms with Crippen LogP contribution in [0.4, 0.5) is 5.82 Å². The molecule has 1 unspecified atom stereocenters. The normalized spacial score (nSPS) is 12.7. The second kappa shape index (κ2) is 4.92. The molecule has 3 heteroatoms. The van der Waals surface area contributed by atoms with Gasteiger partial charge in [0.15, 0.2) is 0 Å². The van der Waals surface area contributed by atoms with E-state index < -0.39 is 0 Å². The average Bonchev–Trinajstić information content (AvgIpc) is 2.36. The summed E-state index contributed by atoms with van der Waals surface area (Å²) in [7, 11) is 2.04. The quantitative estimate of drug-likeness (QED) is 0.772. The van der Waals surface area contributed by atoms with Crippen LogP contribution in [0.2, 0.25) is 0 Å². The lowest BCUT2D eigenvalue weighted by molar-refractivity contribution is 0.748. The molecule has 1 aromatic carbocycles. The van der Waals surface area contributed by atoms with E-state index in [1.807, 2.05) is 25.2 Å². The Morgan fingerprint density at radius 1 is 1.35 bits per heavy atom.